The van der Waals surface area contributed by atoms with Crippen molar-refractivity contribution < 1.29 is 0 Å². The lowest BCUT2D eigenvalue weighted by Crippen LogP contribution is -2.52. The standard InChI is InChI=1S/C27H48N2/c1-7-10-21-11-12-22-24-14-13-23(20(3)29(6)19-9-18-28)27(24,5)17-15-25(22)26(21,4)16-8-2/h7,10,20,22-25H,1,8-9,11-19,28H2,2-6H3/b21-10-. The highest BCUT2D eigenvalue weighted by molar-refractivity contribution is 5.25. The molecule has 0 radical (unpaired) electrons. The molecule has 2 heteroatoms. The summed E-state index contributed by atoms with van der Waals surface area (Å²) in [6.45, 7) is 16.1. The topological polar surface area (TPSA) is 29.3 Å². The molecule has 7 atom stereocenters. The number of nitrogens with zero attached hydrogens (tertiary/aromatic N) is 1. The van der Waals surface area contributed by atoms with Gasteiger partial charge in [0.25, 0.3) is 0 Å². The van der Waals surface area contributed by atoms with Crippen LogP contribution in [0.2, 0.25) is 0 Å². The average Bonchev–Trinajstić information content (AvgIpc) is 3.05. The summed E-state index contributed by atoms with van der Waals surface area (Å²) in [4.78, 5) is 2.60. The zero-order valence-electron chi connectivity index (χ0n) is 20.1. The van der Waals surface area contributed by atoms with Gasteiger partial charge in [-0.2, -0.15) is 0 Å². The third-order valence-electron chi connectivity index (χ3n) is 9.89. The smallest absolute Gasteiger partial charge is 0.00974 e. The van der Waals surface area contributed by atoms with Crippen molar-refractivity contribution in [1.82, 2.24) is 4.90 Å². The van der Waals surface area contributed by atoms with E-state index < -0.39 is 0 Å². The summed E-state index contributed by atoms with van der Waals surface area (Å²) in [5, 5.41) is 0. The van der Waals surface area contributed by atoms with E-state index in [1.54, 1.807) is 5.57 Å². The van der Waals surface area contributed by atoms with Crippen LogP contribution in [0.1, 0.15) is 85.5 Å². The summed E-state index contributed by atoms with van der Waals surface area (Å²) >= 11 is 0. The van der Waals surface area contributed by atoms with Gasteiger partial charge < -0.3 is 10.6 Å². The zero-order chi connectivity index (χ0) is 21.2. The van der Waals surface area contributed by atoms with Crippen LogP contribution < -0.4 is 5.73 Å². The third kappa shape index (κ3) is 4.01. The SMILES string of the molecule is C=C/C=C1/CCC2C(CCC3(C)C2CCC3C(C)N(C)CCCN)C1(C)CCC. The van der Waals surface area contributed by atoms with E-state index in [0.29, 0.717) is 16.9 Å². The Labute approximate surface area is 181 Å². The fourth-order valence-corrected chi connectivity index (χ4v) is 8.29. The zero-order valence-corrected chi connectivity index (χ0v) is 20.1. The first kappa shape index (κ1) is 23.1. The molecule has 0 aromatic heterocycles. The van der Waals surface area contributed by atoms with Crippen LogP contribution >= 0.6 is 0 Å². The second-order valence-corrected chi connectivity index (χ2v) is 11.1. The van der Waals surface area contributed by atoms with Gasteiger partial charge in [-0.15, -0.1) is 0 Å². The van der Waals surface area contributed by atoms with Gasteiger partial charge in [-0.05, 0) is 113 Å². The molecule has 3 fully saturated rings. The highest BCUT2D eigenvalue weighted by atomic mass is 15.1. The first-order valence-electron chi connectivity index (χ1n) is 12.6. The van der Waals surface area contributed by atoms with Crippen LogP contribution in [-0.4, -0.2) is 31.1 Å². The van der Waals surface area contributed by atoms with E-state index in [0.717, 1.165) is 43.2 Å². The second kappa shape index (κ2) is 9.27. The predicted octanol–water partition coefficient (Wildman–Crippen LogP) is 6.43. The summed E-state index contributed by atoms with van der Waals surface area (Å²) in [5.74, 6) is 3.58. The summed E-state index contributed by atoms with van der Waals surface area (Å²) < 4.78 is 0. The van der Waals surface area contributed by atoms with Crippen LogP contribution in [-0.2, 0) is 0 Å². The number of fused-ring (bicyclic) bond motifs is 3. The fraction of sp³-hybridized carbons (Fsp3) is 0.852. The molecule has 166 valence electrons. The van der Waals surface area contributed by atoms with Gasteiger partial charge in [-0.1, -0.05) is 51.5 Å². The van der Waals surface area contributed by atoms with Gasteiger partial charge in [0.1, 0.15) is 0 Å². The van der Waals surface area contributed by atoms with Crippen molar-refractivity contribution in [2.24, 2.45) is 40.2 Å². The average molecular weight is 401 g/mol. The lowest BCUT2D eigenvalue weighted by Gasteiger charge is -2.58. The van der Waals surface area contributed by atoms with Gasteiger partial charge in [-0.3, -0.25) is 0 Å². The van der Waals surface area contributed by atoms with Crippen LogP contribution in [0, 0.1) is 34.5 Å². The van der Waals surface area contributed by atoms with Gasteiger partial charge in [0.2, 0.25) is 0 Å². The maximum atomic E-state index is 5.78. The molecular formula is C27H48N2. The lowest BCUT2D eigenvalue weighted by molar-refractivity contribution is -0.0602. The normalized spacial score (nSPS) is 42.0. The molecule has 0 aromatic carbocycles. The summed E-state index contributed by atoms with van der Waals surface area (Å²) in [6.07, 6.45) is 16.6. The van der Waals surface area contributed by atoms with E-state index in [1.165, 1.54) is 51.4 Å². The summed E-state index contributed by atoms with van der Waals surface area (Å²) in [7, 11) is 2.33. The molecule has 3 aliphatic rings. The quantitative estimate of drug-likeness (QED) is 0.509. The lowest BCUT2D eigenvalue weighted by atomic mass is 9.47. The predicted molar refractivity (Wildman–Crippen MR) is 127 cm³/mol. The van der Waals surface area contributed by atoms with Crippen LogP contribution in [0.3, 0.4) is 0 Å². The monoisotopic (exact) mass is 400 g/mol. The van der Waals surface area contributed by atoms with E-state index in [-0.39, 0.29) is 0 Å². The molecule has 0 spiro atoms. The van der Waals surface area contributed by atoms with Crippen molar-refractivity contribution in [3.05, 3.63) is 24.3 Å². The Morgan fingerprint density at radius 2 is 1.97 bits per heavy atom. The number of allylic oxidation sites excluding steroid dienone is 3. The second-order valence-electron chi connectivity index (χ2n) is 11.1. The van der Waals surface area contributed by atoms with Gasteiger partial charge in [-0.25, -0.2) is 0 Å². The van der Waals surface area contributed by atoms with Crippen molar-refractivity contribution >= 4 is 0 Å². The van der Waals surface area contributed by atoms with Crippen molar-refractivity contribution in [2.45, 2.75) is 91.5 Å². The molecule has 0 heterocycles. The Morgan fingerprint density at radius 3 is 2.62 bits per heavy atom. The van der Waals surface area contributed by atoms with E-state index in [1.807, 2.05) is 6.08 Å². The maximum absolute atomic E-state index is 5.78. The third-order valence-corrected chi connectivity index (χ3v) is 9.89. The molecule has 3 saturated carbocycles. The summed E-state index contributed by atoms with van der Waals surface area (Å²) in [5.41, 5.74) is 8.41. The van der Waals surface area contributed by atoms with Gasteiger partial charge in [0.15, 0.2) is 0 Å². The van der Waals surface area contributed by atoms with Crippen molar-refractivity contribution in [1.29, 1.82) is 0 Å². The Hall–Kier alpha value is -0.600. The van der Waals surface area contributed by atoms with Crippen LogP contribution in [0.25, 0.3) is 0 Å². The summed E-state index contributed by atoms with van der Waals surface area (Å²) in [6, 6.07) is 0.676. The fourth-order valence-electron chi connectivity index (χ4n) is 8.29. The minimum atomic E-state index is 0.398. The largest absolute Gasteiger partial charge is 0.330 e. The van der Waals surface area contributed by atoms with Crippen LogP contribution in [0.5, 0.6) is 0 Å². The van der Waals surface area contributed by atoms with E-state index >= 15 is 0 Å². The van der Waals surface area contributed by atoms with Crippen LogP contribution in [0.15, 0.2) is 24.3 Å². The number of rotatable bonds is 8. The number of hydrogen-bond donors (Lipinski definition) is 1. The molecule has 7 unspecified atom stereocenters. The van der Waals surface area contributed by atoms with Gasteiger partial charge >= 0.3 is 0 Å². The molecule has 2 nitrogen and oxygen atoms in total. The van der Waals surface area contributed by atoms with E-state index in [9.17, 15) is 0 Å². The van der Waals surface area contributed by atoms with Gasteiger partial charge in [0, 0.05) is 6.04 Å². The Bertz CT molecular complexity index is 595. The molecule has 0 saturated heterocycles. The molecule has 0 amide bonds. The molecule has 2 N–H and O–H groups in total. The molecule has 0 aromatic rings. The first-order chi connectivity index (χ1) is 13.8. The number of nitrogens with two attached hydrogens (primary N) is 1. The van der Waals surface area contributed by atoms with Crippen LogP contribution in [0.4, 0.5) is 0 Å². The molecule has 0 aliphatic heterocycles. The molecule has 3 aliphatic carbocycles. The number of hydrogen-bond acceptors (Lipinski definition) is 2. The van der Waals surface area contributed by atoms with Gasteiger partial charge in [0.05, 0.1) is 0 Å². The van der Waals surface area contributed by atoms with Crippen molar-refractivity contribution in [3.63, 3.8) is 0 Å². The molecule has 3 rings (SSSR count). The molecular weight excluding hydrogens is 352 g/mol. The van der Waals surface area contributed by atoms with Crippen molar-refractivity contribution in [2.75, 3.05) is 20.1 Å². The highest BCUT2D eigenvalue weighted by Crippen LogP contribution is 2.66. The highest BCUT2D eigenvalue weighted by Gasteiger charge is 2.59. The van der Waals surface area contributed by atoms with E-state index in [2.05, 4.69) is 52.3 Å². The Morgan fingerprint density at radius 1 is 1.21 bits per heavy atom. The van der Waals surface area contributed by atoms with Crippen molar-refractivity contribution in [3.8, 4) is 0 Å². The minimum Gasteiger partial charge on any atom is -0.330 e. The molecule has 0 bridgehead atoms. The Balaban J connectivity index is 1.82. The maximum Gasteiger partial charge on any atom is 0.00974 e. The Kier molecular flexibility index (Phi) is 7.37. The first-order valence-corrected chi connectivity index (χ1v) is 12.6. The van der Waals surface area contributed by atoms with E-state index in [4.69, 9.17) is 5.73 Å². The minimum absolute atomic E-state index is 0.398. The molecule has 29 heavy (non-hydrogen) atoms.